The SMILES string of the molecule is COc1ccc(CC(=O)N(C)c2cccnc2)cc1OC. The lowest BCUT2D eigenvalue weighted by atomic mass is 10.1. The van der Waals surface area contributed by atoms with Crippen LogP contribution in [0, 0.1) is 0 Å². The summed E-state index contributed by atoms with van der Waals surface area (Å²) in [6.07, 6.45) is 3.62. The number of benzene rings is 1. The van der Waals surface area contributed by atoms with Crippen LogP contribution in [0.25, 0.3) is 0 Å². The number of amides is 1. The Labute approximate surface area is 124 Å². The Hall–Kier alpha value is -2.56. The molecule has 1 aromatic heterocycles. The van der Waals surface area contributed by atoms with Gasteiger partial charge in [-0.1, -0.05) is 6.07 Å². The third kappa shape index (κ3) is 3.51. The van der Waals surface area contributed by atoms with Gasteiger partial charge in [0.25, 0.3) is 0 Å². The van der Waals surface area contributed by atoms with Crippen LogP contribution in [0.3, 0.4) is 0 Å². The molecule has 21 heavy (non-hydrogen) atoms. The lowest BCUT2D eigenvalue weighted by Gasteiger charge is -2.17. The Balaban J connectivity index is 2.12. The van der Waals surface area contributed by atoms with E-state index >= 15 is 0 Å². The molecule has 1 amide bonds. The molecular weight excluding hydrogens is 268 g/mol. The fraction of sp³-hybridized carbons (Fsp3) is 0.250. The number of likely N-dealkylation sites (N-methyl/N-ethyl adjacent to an activating group) is 1. The fourth-order valence-electron chi connectivity index (χ4n) is 1.98. The molecule has 0 atom stereocenters. The molecule has 0 spiro atoms. The third-order valence-corrected chi connectivity index (χ3v) is 3.21. The monoisotopic (exact) mass is 286 g/mol. The van der Waals surface area contributed by atoms with Gasteiger partial charge in [-0.3, -0.25) is 9.78 Å². The Kier molecular flexibility index (Phi) is 4.77. The van der Waals surface area contributed by atoms with Crippen LogP contribution in [0.15, 0.2) is 42.7 Å². The molecule has 0 aliphatic heterocycles. The van der Waals surface area contributed by atoms with Crippen molar-refractivity contribution in [3.05, 3.63) is 48.3 Å². The van der Waals surface area contributed by atoms with Crippen LogP contribution in [-0.2, 0) is 11.2 Å². The summed E-state index contributed by atoms with van der Waals surface area (Å²) in [5, 5.41) is 0. The van der Waals surface area contributed by atoms with Gasteiger partial charge in [-0.15, -0.1) is 0 Å². The van der Waals surface area contributed by atoms with Crippen LogP contribution in [0.1, 0.15) is 5.56 Å². The number of pyridine rings is 1. The average Bonchev–Trinajstić information content (AvgIpc) is 2.54. The molecule has 5 nitrogen and oxygen atoms in total. The molecule has 0 bridgehead atoms. The number of ether oxygens (including phenoxy) is 2. The average molecular weight is 286 g/mol. The van der Waals surface area contributed by atoms with Crippen molar-refractivity contribution in [1.82, 2.24) is 4.98 Å². The zero-order valence-electron chi connectivity index (χ0n) is 12.4. The van der Waals surface area contributed by atoms with E-state index in [1.807, 2.05) is 18.2 Å². The Morgan fingerprint density at radius 3 is 2.57 bits per heavy atom. The first-order chi connectivity index (χ1) is 10.2. The van der Waals surface area contributed by atoms with Crippen LogP contribution in [-0.4, -0.2) is 32.2 Å². The van der Waals surface area contributed by atoms with E-state index in [9.17, 15) is 4.79 Å². The molecule has 5 heteroatoms. The summed E-state index contributed by atoms with van der Waals surface area (Å²) < 4.78 is 10.4. The van der Waals surface area contributed by atoms with Gasteiger partial charge in [0.15, 0.2) is 11.5 Å². The first-order valence-corrected chi connectivity index (χ1v) is 6.53. The number of carbonyl (C=O) groups excluding carboxylic acids is 1. The highest BCUT2D eigenvalue weighted by molar-refractivity contribution is 5.94. The number of carbonyl (C=O) groups is 1. The van der Waals surface area contributed by atoms with Crippen molar-refractivity contribution in [2.75, 3.05) is 26.2 Å². The summed E-state index contributed by atoms with van der Waals surface area (Å²) in [5.74, 6) is 1.25. The summed E-state index contributed by atoms with van der Waals surface area (Å²) in [7, 11) is 4.89. The van der Waals surface area contributed by atoms with E-state index in [0.29, 0.717) is 11.5 Å². The first-order valence-electron chi connectivity index (χ1n) is 6.53. The van der Waals surface area contributed by atoms with E-state index < -0.39 is 0 Å². The molecule has 1 aromatic carbocycles. The molecule has 0 saturated heterocycles. The summed E-state index contributed by atoms with van der Waals surface area (Å²) in [6, 6.07) is 9.12. The molecular formula is C16H18N2O3. The number of nitrogens with zero attached hydrogens (tertiary/aromatic N) is 2. The first kappa shape index (κ1) is 14.8. The van der Waals surface area contributed by atoms with Crippen molar-refractivity contribution in [3.63, 3.8) is 0 Å². The van der Waals surface area contributed by atoms with Crippen molar-refractivity contribution in [2.45, 2.75) is 6.42 Å². The van der Waals surface area contributed by atoms with Gasteiger partial charge >= 0.3 is 0 Å². The van der Waals surface area contributed by atoms with Crippen molar-refractivity contribution < 1.29 is 14.3 Å². The van der Waals surface area contributed by atoms with Crippen molar-refractivity contribution in [1.29, 1.82) is 0 Å². The molecule has 0 N–H and O–H groups in total. The smallest absolute Gasteiger partial charge is 0.231 e. The van der Waals surface area contributed by atoms with E-state index in [4.69, 9.17) is 9.47 Å². The van der Waals surface area contributed by atoms with Gasteiger partial charge in [0.2, 0.25) is 5.91 Å². The van der Waals surface area contributed by atoms with Crippen molar-refractivity contribution in [3.8, 4) is 11.5 Å². The van der Waals surface area contributed by atoms with Gasteiger partial charge in [-0.25, -0.2) is 0 Å². The minimum atomic E-state index is -0.0183. The van der Waals surface area contributed by atoms with E-state index in [-0.39, 0.29) is 12.3 Å². The van der Waals surface area contributed by atoms with Crippen LogP contribution in [0.4, 0.5) is 5.69 Å². The standard InChI is InChI=1S/C16H18N2O3/c1-18(13-5-4-8-17-11-13)16(19)10-12-6-7-14(20-2)15(9-12)21-3/h4-9,11H,10H2,1-3H3. The van der Waals surface area contributed by atoms with E-state index in [2.05, 4.69) is 4.98 Å². The maximum atomic E-state index is 12.3. The van der Waals surface area contributed by atoms with Crippen molar-refractivity contribution in [2.24, 2.45) is 0 Å². The van der Waals surface area contributed by atoms with Gasteiger partial charge < -0.3 is 14.4 Å². The molecule has 0 unspecified atom stereocenters. The largest absolute Gasteiger partial charge is 0.493 e. The molecule has 0 aliphatic carbocycles. The number of methoxy groups -OCH3 is 2. The maximum Gasteiger partial charge on any atom is 0.231 e. The summed E-state index contributed by atoms with van der Waals surface area (Å²) in [6.45, 7) is 0. The van der Waals surface area contributed by atoms with Gasteiger partial charge in [-0.05, 0) is 29.8 Å². The fourth-order valence-corrected chi connectivity index (χ4v) is 1.98. The second-order valence-corrected chi connectivity index (χ2v) is 4.53. The summed E-state index contributed by atoms with van der Waals surface area (Å²) in [4.78, 5) is 17.9. The van der Waals surface area contributed by atoms with Gasteiger partial charge in [0.05, 0.1) is 32.5 Å². The van der Waals surface area contributed by atoms with Crippen LogP contribution in [0.2, 0.25) is 0 Å². The van der Waals surface area contributed by atoms with Gasteiger partial charge in [0, 0.05) is 13.2 Å². The number of hydrogen-bond acceptors (Lipinski definition) is 4. The second kappa shape index (κ2) is 6.74. The van der Waals surface area contributed by atoms with Crippen LogP contribution >= 0.6 is 0 Å². The highest BCUT2D eigenvalue weighted by Crippen LogP contribution is 2.28. The predicted octanol–water partition coefficient (Wildman–Crippen LogP) is 2.30. The van der Waals surface area contributed by atoms with E-state index in [1.54, 1.807) is 50.7 Å². The normalized spacial score (nSPS) is 10.0. The zero-order valence-corrected chi connectivity index (χ0v) is 12.4. The number of aromatic nitrogens is 1. The van der Waals surface area contributed by atoms with Crippen LogP contribution < -0.4 is 14.4 Å². The lowest BCUT2D eigenvalue weighted by Crippen LogP contribution is -2.27. The van der Waals surface area contributed by atoms with E-state index in [0.717, 1.165) is 11.3 Å². The van der Waals surface area contributed by atoms with Crippen molar-refractivity contribution >= 4 is 11.6 Å². The molecule has 0 fully saturated rings. The molecule has 2 aromatic rings. The van der Waals surface area contributed by atoms with E-state index in [1.165, 1.54) is 0 Å². The maximum absolute atomic E-state index is 12.3. The molecule has 2 rings (SSSR count). The number of rotatable bonds is 5. The molecule has 110 valence electrons. The summed E-state index contributed by atoms with van der Waals surface area (Å²) in [5.41, 5.74) is 1.64. The Bertz CT molecular complexity index is 614. The molecule has 0 radical (unpaired) electrons. The highest BCUT2D eigenvalue weighted by Gasteiger charge is 2.13. The molecule has 0 aliphatic rings. The summed E-state index contributed by atoms with van der Waals surface area (Å²) >= 11 is 0. The van der Waals surface area contributed by atoms with Gasteiger partial charge in [-0.2, -0.15) is 0 Å². The minimum absolute atomic E-state index is 0.0183. The third-order valence-electron chi connectivity index (χ3n) is 3.21. The second-order valence-electron chi connectivity index (χ2n) is 4.53. The lowest BCUT2D eigenvalue weighted by molar-refractivity contribution is -0.117. The molecule has 1 heterocycles. The minimum Gasteiger partial charge on any atom is -0.493 e. The quantitative estimate of drug-likeness (QED) is 0.846. The topological polar surface area (TPSA) is 51.7 Å². The number of anilines is 1. The molecule has 0 saturated carbocycles. The Morgan fingerprint density at radius 2 is 1.95 bits per heavy atom. The number of hydrogen-bond donors (Lipinski definition) is 0. The Morgan fingerprint density at radius 1 is 1.19 bits per heavy atom. The predicted molar refractivity (Wildman–Crippen MR) is 80.9 cm³/mol. The zero-order chi connectivity index (χ0) is 15.2. The van der Waals surface area contributed by atoms with Gasteiger partial charge in [0.1, 0.15) is 0 Å². The highest BCUT2D eigenvalue weighted by atomic mass is 16.5. The van der Waals surface area contributed by atoms with Crippen LogP contribution in [0.5, 0.6) is 11.5 Å².